The number of hydrogen-bond acceptors (Lipinski definition) is 5. The zero-order chi connectivity index (χ0) is 22.0. The average molecular weight is 455 g/mol. The number of halogens is 1. The topological polar surface area (TPSA) is 61.9 Å². The molecule has 0 aliphatic heterocycles. The maximum Gasteiger partial charge on any atom is 0.280 e. The van der Waals surface area contributed by atoms with Gasteiger partial charge < -0.3 is 4.74 Å². The third-order valence-corrected chi connectivity index (χ3v) is 6.49. The van der Waals surface area contributed by atoms with Crippen LogP contribution in [-0.4, -0.2) is 26.4 Å². The quantitative estimate of drug-likeness (QED) is 0.293. The van der Waals surface area contributed by atoms with Crippen LogP contribution in [-0.2, 0) is 18.8 Å². The molecule has 31 heavy (non-hydrogen) atoms. The Morgan fingerprint density at radius 2 is 1.97 bits per heavy atom. The molecule has 6 nitrogen and oxygen atoms in total. The number of nitrogens with zero attached hydrogens (tertiary/aromatic N) is 4. The Balaban J connectivity index is 1.80. The van der Waals surface area contributed by atoms with Crippen molar-refractivity contribution in [2.75, 3.05) is 7.11 Å². The summed E-state index contributed by atoms with van der Waals surface area (Å²) in [7, 11) is 1.65. The molecule has 0 radical (unpaired) electrons. The van der Waals surface area contributed by atoms with Gasteiger partial charge in [0.2, 0.25) is 0 Å². The molecule has 0 unspecified atom stereocenters. The van der Waals surface area contributed by atoms with E-state index >= 15 is 0 Å². The lowest BCUT2D eigenvalue weighted by atomic mass is 10.2. The summed E-state index contributed by atoms with van der Waals surface area (Å²) in [4.78, 5) is 18.4. The predicted octanol–water partition coefficient (Wildman–Crippen LogP) is 4.92. The molecule has 2 aromatic carbocycles. The van der Waals surface area contributed by atoms with Gasteiger partial charge in [-0.05, 0) is 43.2 Å². The smallest absolute Gasteiger partial charge is 0.280 e. The molecule has 0 saturated heterocycles. The Labute approximate surface area is 189 Å². The zero-order valence-electron chi connectivity index (χ0n) is 17.6. The molecule has 0 aliphatic rings. The lowest BCUT2D eigenvalue weighted by Gasteiger charge is -2.14. The molecule has 2 aromatic heterocycles. The van der Waals surface area contributed by atoms with Crippen LogP contribution in [0.4, 0.5) is 0 Å². The summed E-state index contributed by atoms with van der Waals surface area (Å²) in [5, 5.41) is 5.77. The van der Waals surface area contributed by atoms with Gasteiger partial charge in [0.05, 0.1) is 19.3 Å². The molecule has 0 atom stereocenters. The molecule has 2 heterocycles. The fourth-order valence-corrected chi connectivity index (χ4v) is 4.60. The lowest BCUT2D eigenvalue weighted by Crippen LogP contribution is -2.25. The second-order valence-corrected chi connectivity index (χ2v) is 8.47. The van der Waals surface area contributed by atoms with Crippen LogP contribution < -0.4 is 10.3 Å². The van der Waals surface area contributed by atoms with Crippen LogP contribution in [0.25, 0.3) is 11.0 Å². The first kappa shape index (κ1) is 21.5. The Morgan fingerprint density at radius 3 is 2.71 bits per heavy atom. The standard InChI is InChI=1S/C23H23ClN4O2S/c1-4-28-21-20(15(2)26-28)25-23(31-14-16-8-7-10-18(12-16)30-3)27(22(21)29)13-17-9-5-6-11-19(17)24/h5-12H,4,13-14H2,1-3H3. The first-order valence-corrected chi connectivity index (χ1v) is 11.3. The van der Waals surface area contributed by atoms with Gasteiger partial charge in [-0.1, -0.05) is 53.7 Å². The molecule has 0 saturated carbocycles. The van der Waals surface area contributed by atoms with Crippen LogP contribution in [0.3, 0.4) is 0 Å². The minimum atomic E-state index is -0.111. The number of aryl methyl sites for hydroxylation is 2. The van der Waals surface area contributed by atoms with E-state index in [4.69, 9.17) is 21.3 Å². The predicted molar refractivity (Wildman–Crippen MR) is 125 cm³/mol. The van der Waals surface area contributed by atoms with Crippen LogP contribution in [0.1, 0.15) is 23.7 Å². The highest BCUT2D eigenvalue weighted by molar-refractivity contribution is 7.98. The highest BCUT2D eigenvalue weighted by Gasteiger charge is 2.19. The number of ether oxygens (including phenoxy) is 1. The summed E-state index contributed by atoms with van der Waals surface area (Å²) in [6.45, 7) is 4.80. The van der Waals surface area contributed by atoms with E-state index in [2.05, 4.69) is 5.10 Å². The third-order valence-electron chi connectivity index (χ3n) is 5.07. The van der Waals surface area contributed by atoms with Crippen molar-refractivity contribution in [1.82, 2.24) is 19.3 Å². The van der Waals surface area contributed by atoms with Gasteiger partial charge in [-0.3, -0.25) is 14.0 Å². The van der Waals surface area contributed by atoms with Crippen molar-refractivity contribution in [2.24, 2.45) is 0 Å². The van der Waals surface area contributed by atoms with E-state index in [9.17, 15) is 4.79 Å². The van der Waals surface area contributed by atoms with Crippen molar-refractivity contribution in [3.8, 4) is 5.75 Å². The summed E-state index contributed by atoms with van der Waals surface area (Å²) < 4.78 is 8.74. The van der Waals surface area contributed by atoms with E-state index in [1.54, 1.807) is 16.4 Å². The molecule has 4 rings (SSSR count). The van der Waals surface area contributed by atoms with Gasteiger partial charge in [0, 0.05) is 17.3 Å². The Kier molecular flexibility index (Phi) is 6.34. The normalized spacial score (nSPS) is 11.2. The maximum absolute atomic E-state index is 13.6. The second-order valence-electron chi connectivity index (χ2n) is 7.12. The number of hydrogen-bond donors (Lipinski definition) is 0. The molecule has 0 fully saturated rings. The van der Waals surface area contributed by atoms with Crippen molar-refractivity contribution < 1.29 is 4.74 Å². The van der Waals surface area contributed by atoms with Crippen LogP contribution in [0.15, 0.2) is 58.5 Å². The van der Waals surface area contributed by atoms with E-state index in [1.807, 2.05) is 62.4 Å². The fraction of sp³-hybridized carbons (Fsp3) is 0.261. The van der Waals surface area contributed by atoms with E-state index in [0.29, 0.717) is 40.1 Å². The number of benzene rings is 2. The van der Waals surface area contributed by atoms with Crippen LogP contribution in [0.5, 0.6) is 5.75 Å². The van der Waals surface area contributed by atoms with Crippen molar-refractivity contribution in [2.45, 2.75) is 37.8 Å². The minimum Gasteiger partial charge on any atom is -0.497 e. The largest absolute Gasteiger partial charge is 0.497 e. The summed E-state index contributed by atoms with van der Waals surface area (Å²) in [5.74, 6) is 1.45. The van der Waals surface area contributed by atoms with E-state index in [0.717, 1.165) is 22.6 Å². The number of methoxy groups -OCH3 is 1. The highest BCUT2D eigenvalue weighted by atomic mass is 35.5. The SMILES string of the molecule is CCn1nc(C)c2nc(SCc3cccc(OC)c3)n(Cc3ccccc3Cl)c(=O)c21. The maximum atomic E-state index is 13.6. The van der Waals surface area contributed by atoms with Crippen LogP contribution >= 0.6 is 23.4 Å². The van der Waals surface area contributed by atoms with Crippen molar-refractivity contribution >= 4 is 34.4 Å². The summed E-state index contributed by atoms with van der Waals surface area (Å²) in [6, 6.07) is 15.4. The summed E-state index contributed by atoms with van der Waals surface area (Å²) >= 11 is 7.91. The Bertz CT molecular complexity index is 1300. The van der Waals surface area contributed by atoms with Gasteiger partial charge in [0.15, 0.2) is 10.7 Å². The Morgan fingerprint density at radius 1 is 1.16 bits per heavy atom. The molecule has 0 spiro atoms. The van der Waals surface area contributed by atoms with Crippen molar-refractivity contribution in [3.63, 3.8) is 0 Å². The molecule has 8 heteroatoms. The summed E-state index contributed by atoms with van der Waals surface area (Å²) in [5.41, 5.74) is 3.77. The monoisotopic (exact) mass is 454 g/mol. The number of aromatic nitrogens is 4. The third kappa shape index (κ3) is 4.34. The van der Waals surface area contributed by atoms with E-state index in [1.165, 1.54) is 11.8 Å². The van der Waals surface area contributed by atoms with Crippen molar-refractivity contribution in [3.05, 3.63) is 80.7 Å². The van der Waals surface area contributed by atoms with Gasteiger partial charge in [0.1, 0.15) is 11.3 Å². The molecule has 160 valence electrons. The van der Waals surface area contributed by atoms with Gasteiger partial charge in [-0.15, -0.1) is 0 Å². The van der Waals surface area contributed by atoms with Gasteiger partial charge in [-0.25, -0.2) is 4.98 Å². The zero-order valence-corrected chi connectivity index (χ0v) is 19.2. The number of thioether (sulfide) groups is 1. The minimum absolute atomic E-state index is 0.111. The Hall–Kier alpha value is -2.77. The number of rotatable bonds is 7. The molecular weight excluding hydrogens is 432 g/mol. The molecule has 0 amide bonds. The van der Waals surface area contributed by atoms with Crippen LogP contribution in [0, 0.1) is 6.92 Å². The molecule has 0 bridgehead atoms. The highest BCUT2D eigenvalue weighted by Crippen LogP contribution is 2.26. The van der Waals surface area contributed by atoms with E-state index < -0.39 is 0 Å². The van der Waals surface area contributed by atoms with E-state index in [-0.39, 0.29) is 5.56 Å². The number of fused-ring (bicyclic) bond motifs is 1. The lowest BCUT2D eigenvalue weighted by molar-refractivity contribution is 0.414. The van der Waals surface area contributed by atoms with Gasteiger partial charge in [0.25, 0.3) is 5.56 Å². The van der Waals surface area contributed by atoms with Crippen molar-refractivity contribution in [1.29, 1.82) is 0 Å². The fourth-order valence-electron chi connectivity index (χ4n) is 3.47. The molecular formula is C23H23ClN4O2S. The van der Waals surface area contributed by atoms with Gasteiger partial charge >= 0.3 is 0 Å². The molecule has 0 aliphatic carbocycles. The first-order chi connectivity index (χ1) is 15.0. The molecule has 0 N–H and O–H groups in total. The first-order valence-electron chi connectivity index (χ1n) is 9.99. The second kappa shape index (κ2) is 9.16. The summed E-state index contributed by atoms with van der Waals surface area (Å²) in [6.07, 6.45) is 0. The van der Waals surface area contributed by atoms with Crippen LogP contribution in [0.2, 0.25) is 5.02 Å². The van der Waals surface area contributed by atoms with Gasteiger partial charge in [-0.2, -0.15) is 5.10 Å². The molecule has 4 aromatic rings. The average Bonchev–Trinajstić information content (AvgIpc) is 3.11.